The first-order chi connectivity index (χ1) is 9.72. The molecule has 20 heavy (non-hydrogen) atoms. The van der Waals surface area contributed by atoms with Gasteiger partial charge in [0.25, 0.3) is 0 Å². The van der Waals surface area contributed by atoms with E-state index < -0.39 is 0 Å². The van der Waals surface area contributed by atoms with Crippen molar-refractivity contribution in [3.05, 3.63) is 51.5 Å². The predicted molar refractivity (Wildman–Crippen MR) is 80.7 cm³/mol. The van der Waals surface area contributed by atoms with Gasteiger partial charge in [0.2, 0.25) is 5.91 Å². The van der Waals surface area contributed by atoms with Gasteiger partial charge in [-0.2, -0.15) is 0 Å². The van der Waals surface area contributed by atoms with Gasteiger partial charge < -0.3 is 5.32 Å². The summed E-state index contributed by atoms with van der Waals surface area (Å²) in [5.74, 6) is 0.275. The molecule has 3 rings (SSSR count). The molecule has 1 aromatic carbocycles. The van der Waals surface area contributed by atoms with Crippen LogP contribution < -0.4 is 5.32 Å². The van der Waals surface area contributed by atoms with E-state index >= 15 is 0 Å². The zero-order valence-corrected chi connectivity index (χ0v) is 12.4. The van der Waals surface area contributed by atoms with Crippen LogP contribution in [0.4, 0.5) is 0 Å². The van der Waals surface area contributed by atoms with E-state index in [9.17, 15) is 4.79 Å². The summed E-state index contributed by atoms with van der Waals surface area (Å²) in [6.45, 7) is 2.65. The predicted octanol–water partition coefficient (Wildman–Crippen LogP) is 2.87. The van der Waals surface area contributed by atoms with Gasteiger partial charge in [0.05, 0.1) is 10.7 Å². The second kappa shape index (κ2) is 5.75. The van der Waals surface area contributed by atoms with Crippen LogP contribution in [0, 0.1) is 12.8 Å². The van der Waals surface area contributed by atoms with Crippen LogP contribution in [0.5, 0.6) is 0 Å². The van der Waals surface area contributed by atoms with Gasteiger partial charge >= 0.3 is 0 Å². The number of nitrogens with one attached hydrogen (secondary N) is 1. The second-order valence-corrected chi connectivity index (χ2v) is 6.53. The molecule has 0 saturated heterocycles. The van der Waals surface area contributed by atoms with Crippen molar-refractivity contribution in [3.63, 3.8) is 0 Å². The average Bonchev–Trinajstić information content (AvgIpc) is 2.85. The molecule has 0 fully saturated rings. The van der Waals surface area contributed by atoms with E-state index in [1.54, 1.807) is 11.3 Å². The third-order valence-electron chi connectivity index (χ3n) is 3.73. The molecule has 1 N–H and O–H groups in total. The Kier molecular flexibility index (Phi) is 3.83. The van der Waals surface area contributed by atoms with E-state index in [2.05, 4.69) is 10.3 Å². The number of amides is 1. The average molecular weight is 286 g/mol. The minimum absolute atomic E-state index is 0.103. The molecule has 0 bridgehead atoms. The summed E-state index contributed by atoms with van der Waals surface area (Å²) < 4.78 is 0. The molecule has 1 amide bonds. The van der Waals surface area contributed by atoms with E-state index in [1.165, 1.54) is 10.6 Å². The Morgan fingerprint density at radius 2 is 2.20 bits per heavy atom. The lowest BCUT2D eigenvalue weighted by Crippen LogP contribution is -2.33. The Hall–Kier alpha value is -1.68. The minimum atomic E-state index is 0.103. The van der Waals surface area contributed by atoms with Crippen LogP contribution in [0.3, 0.4) is 0 Å². The Labute approximate surface area is 123 Å². The first-order valence-corrected chi connectivity index (χ1v) is 7.81. The Balaban J connectivity index is 1.59. The first kappa shape index (κ1) is 13.3. The molecule has 1 heterocycles. The molecule has 2 aromatic rings. The van der Waals surface area contributed by atoms with E-state index in [0.717, 1.165) is 29.8 Å². The number of nitrogens with zero attached hydrogens (tertiary/aromatic N) is 1. The highest BCUT2D eigenvalue weighted by Crippen LogP contribution is 2.29. The monoisotopic (exact) mass is 286 g/mol. The van der Waals surface area contributed by atoms with Crippen molar-refractivity contribution in [1.29, 1.82) is 0 Å². The highest BCUT2D eigenvalue weighted by atomic mass is 32.1. The summed E-state index contributed by atoms with van der Waals surface area (Å²) in [5.41, 5.74) is 2.35. The highest BCUT2D eigenvalue weighted by molar-refractivity contribution is 7.11. The van der Waals surface area contributed by atoms with Gasteiger partial charge in [-0.3, -0.25) is 4.79 Å². The number of aryl methyl sites for hydroxylation is 2. The molecule has 0 spiro atoms. The maximum absolute atomic E-state index is 12.3. The Bertz CT molecular complexity index is 606. The van der Waals surface area contributed by atoms with Crippen LogP contribution in [-0.2, 0) is 24.2 Å². The molecule has 0 aliphatic heterocycles. The molecule has 104 valence electrons. The quantitative estimate of drug-likeness (QED) is 0.942. The van der Waals surface area contributed by atoms with Crippen molar-refractivity contribution >= 4 is 17.2 Å². The molecule has 1 unspecified atom stereocenters. The highest BCUT2D eigenvalue weighted by Gasteiger charge is 2.26. The number of rotatable bonds is 3. The normalized spacial score (nSPS) is 17.6. The number of carbonyl (C=O) groups is 1. The number of hydrogen-bond donors (Lipinski definition) is 1. The second-order valence-electron chi connectivity index (χ2n) is 5.25. The van der Waals surface area contributed by atoms with Crippen molar-refractivity contribution < 1.29 is 4.79 Å². The van der Waals surface area contributed by atoms with Crippen LogP contribution in [0.25, 0.3) is 0 Å². The number of aromatic nitrogens is 1. The lowest BCUT2D eigenvalue weighted by molar-refractivity contribution is -0.125. The van der Waals surface area contributed by atoms with Gasteiger partial charge in [0.1, 0.15) is 0 Å². The van der Waals surface area contributed by atoms with Crippen molar-refractivity contribution in [3.8, 4) is 0 Å². The zero-order valence-electron chi connectivity index (χ0n) is 11.6. The molecule has 1 aliphatic rings. The van der Waals surface area contributed by atoms with Gasteiger partial charge in [-0.15, -0.1) is 11.3 Å². The number of thiazole rings is 1. The van der Waals surface area contributed by atoms with Crippen LogP contribution in [-0.4, -0.2) is 10.9 Å². The maximum atomic E-state index is 12.3. The number of carbonyl (C=O) groups excluding carboxylic acids is 1. The molecular formula is C16H18N2OS. The minimum Gasteiger partial charge on any atom is -0.352 e. The van der Waals surface area contributed by atoms with Crippen molar-refractivity contribution in [2.45, 2.75) is 32.7 Å². The fourth-order valence-electron chi connectivity index (χ4n) is 2.66. The molecule has 4 heteroatoms. The summed E-state index contributed by atoms with van der Waals surface area (Å²) in [6.07, 6.45) is 2.70. The van der Waals surface area contributed by atoms with Gasteiger partial charge in [0.15, 0.2) is 0 Å². The van der Waals surface area contributed by atoms with Crippen LogP contribution in [0.1, 0.15) is 27.6 Å². The Morgan fingerprint density at radius 3 is 3.00 bits per heavy atom. The molecule has 3 nitrogen and oxygen atoms in total. The SMILES string of the molecule is Cc1nc2c(s1)CC(C(=O)NCc1ccccc1)CC2. The molecular weight excluding hydrogens is 268 g/mol. The summed E-state index contributed by atoms with van der Waals surface area (Å²) in [4.78, 5) is 18.1. The third kappa shape index (κ3) is 2.90. The summed E-state index contributed by atoms with van der Waals surface area (Å²) in [6, 6.07) is 10.0. The number of benzene rings is 1. The standard InChI is InChI=1S/C16H18N2OS/c1-11-18-14-8-7-13(9-15(14)20-11)16(19)17-10-12-5-3-2-4-6-12/h2-6,13H,7-10H2,1H3,(H,17,19). The van der Waals surface area contributed by atoms with Crippen molar-refractivity contribution in [1.82, 2.24) is 10.3 Å². The first-order valence-electron chi connectivity index (χ1n) is 6.99. The number of fused-ring (bicyclic) bond motifs is 1. The van der Waals surface area contributed by atoms with Crippen molar-refractivity contribution in [2.24, 2.45) is 5.92 Å². The molecule has 0 radical (unpaired) electrons. The van der Waals surface area contributed by atoms with Gasteiger partial charge in [-0.1, -0.05) is 30.3 Å². The largest absolute Gasteiger partial charge is 0.352 e. The van der Waals surface area contributed by atoms with Gasteiger partial charge in [-0.25, -0.2) is 4.98 Å². The van der Waals surface area contributed by atoms with E-state index in [4.69, 9.17) is 0 Å². The molecule has 1 atom stereocenters. The van der Waals surface area contributed by atoms with E-state index in [-0.39, 0.29) is 11.8 Å². The summed E-state index contributed by atoms with van der Waals surface area (Å²) >= 11 is 1.73. The van der Waals surface area contributed by atoms with E-state index in [0.29, 0.717) is 6.54 Å². The maximum Gasteiger partial charge on any atom is 0.223 e. The fourth-order valence-corrected chi connectivity index (χ4v) is 3.72. The van der Waals surface area contributed by atoms with Crippen LogP contribution in [0.2, 0.25) is 0 Å². The lowest BCUT2D eigenvalue weighted by Gasteiger charge is -2.20. The van der Waals surface area contributed by atoms with E-state index in [1.807, 2.05) is 37.3 Å². The van der Waals surface area contributed by atoms with Crippen LogP contribution in [0.15, 0.2) is 30.3 Å². The molecule has 1 aromatic heterocycles. The lowest BCUT2D eigenvalue weighted by atomic mass is 9.90. The van der Waals surface area contributed by atoms with Gasteiger partial charge in [-0.05, 0) is 31.7 Å². The third-order valence-corrected chi connectivity index (χ3v) is 4.76. The van der Waals surface area contributed by atoms with Crippen LogP contribution >= 0.6 is 11.3 Å². The van der Waals surface area contributed by atoms with Gasteiger partial charge in [0, 0.05) is 17.3 Å². The molecule has 1 aliphatic carbocycles. The Morgan fingerprint density at radius 1 is 1.40 bits per heavy atom. The summed E-state index contributed by atoms with van der Waals surface area (Å²) in [5, 5.41) is 4.16. The fraction of sp³-hybridized carbons (Fsp3) is 0.375. The zero-order chi connectivity index (χ0) is 13.9. The molecule has 0 saturated carbocycles. The smallest absolute Gasteiger partial charge is 0.223 e. The van der Waals surface area contributed by atoms with Crippen molar-refractivity contribution in [2.75, 3.05) is 0 Å². The number of hydrogen-bond acceptors (Lipinski definition) is 3. The summed E-state index contributed by atoms with van der Waals surface area (Å²) in [7, 11) is 0. The topological polar surface area (TPSA) is 42.0 Å².